The van der Waals surface area contributed by atoms with Gasteiger partial charge >= 0.3 is 6.18 Å². The molecule has 1 heterocycles. The van der Waals surface area contributed by atoms with E-state index in [1.807, 2.05) is 0 Å². The summed E-state index contributed by atoms with van der Waals surface area (Å²) in [7, 11) is 0. The normalized spacial score (nSPS) is 14.1. The van der Waals surface area contributed by atoms with E-state index in [0.29, 0.717) is 12.3 Å². The van der Waals surface area contributed by atoms with Crippen LogP contribution in [-0.4, -0.2) is 29.0 Å². The molecule has 0 fully saturated rings. The average molecular weight is 239 g/mol. The number of aromatic nitrogens is 2. The van der Waals surface area contributed by atoms with Crippen molar-refractivity contribution in [3.05, 3.63) is 11.7 Å². The van der Waals surface area contributed by atoms with Gasteiger partial charge in [-0.15, -0.1) is 0 Å². The van der Waals surface area contributed by atoms with Crippen LogP contribution in [0, 0.1) is 0 Å². The molecular formula is C8H12F3N3O2. The Morgan fingerprint density at radius 3 is 2.75 bits per heavy atom. The number of hydrogen-bond acceptors (Lipinski definition) is 5. The van der Waals surface area contributed by atoms with Crippen LogP contribution in [0.2, 0.25) is 0 Å². The molecule has 1 unspecified atom stereocenters. The number of rotatable bonds is 5. The van der Waals surface area contributed by atoms with Crippen LogP contribution in [0.1, 0.15) is 18.6 Å². The van der Waals surface area contributed by atoms with Gasteiger partial charge in [0.15, 0.2) is 5.82 Å². The van der Waals surface area contributed by atoms with Gasteiger partial charge in [0.05, 0.1) is 0 Å². The Labute approximate surface area is 89.8 Å². The lowest BCUT2D eigenvalue weighted by Crippen LogP contribution is -2.18. The van der Waals surface area contributed by atoms with Crippen molar-refractivity contribution in [2.24, 2.45) is 5.73 Å². The quantitative estimate of drug-likeness (QED) is 0.830. The molecule has 0 aliphatic heterocycles. The van der Waals surface area contributed by atoms with Gasteiger partial charge in [-0.3, -0.25) is 0 Å². The number of alkyl halides is 3. The van der Waals surface area contributed by atoms with E-state index in [1.54, 1.807) is 6.92 Å². The lowest BCUT2D eigenvalue weighted by atomic mass is 10.2. The van der Waals surface area contributed by atoms with Gasteiger partial charge in [-0.05, 0) is 6.92 Å². The molecule has 5 nitrogen and oxygen atoms in total. The minimum atomic E-state index is -4.35. The highest BCUT2D eigenvalue weighted by Gasteiger charge is 2.27. The Morgan fingerprint density at radius 1 is 1.50 bits per heavy atom. The van der Waals surface area contributed by atoms with Crippen molar-refractivity contribution in [3.8, 4) is 0 Å². The first kappa shape index (κ1) is 12.9. The maximum atomic E-state index is 11.7. The molecule has 8 heteroatoms. The molecule has 1 atom stereocenters. The van der Waals surface area contributed by atoms with Gasteiger partial charge in [0.1, 0.15) is 13.2 Å². The maximum Gasteiger partial charge on any atom is 0.411 e. The Balaban J connectivity index is 2.35. The van der Waals surface area contributed by atoms with Crippen LogP contribution < -0.4 is 5.73 Å². The summed E-state index contributed by atoms with van der Waals surface area (Å²) < 4.78 is 44.3. The van der Waals surface area contributed by atoms with Gasteiger partial charge in [0.2, 0.25) is 5.89 Å². The number of hydrogen-bond donors (Lipinski definition) is 1. The second-order valence-corrected chi connectivity index (χ2v) is 3.39. The second kappa shape index (κ2) is 5.26. The van der Waals surface area contributed by atoms with Crippen molar-refractivity contribution in [2.45, 2.75) is 32.2 Å². The molecule has 0 aromatic carbocycles. The topological polar surface area (TPSA) is 74.2 Å². The Kier molecular flexibility index (Phi) is 4.25. The van der Waals surface area contributed by atoms with Gasteiger partial charge in [-0.25, -0.2) is 0 Å². The largest absolute Gasteiger partial charge is 0.411 e. The molecule has 92 valence electrons. The molecule has 0 amide bonds. The summed E-state index contributed by atoms with van der Waals surface area (Å²) >= 11 is 0. The minimum Gasteiger partial charge on any atom is -0.364 e. The van der Waals surface area contributed by atoms with Gasteiger partial charge in [0.25, 0.3) is 0 Å². The molecule has 16 heavy (non-hydrogen) atoms. The van der Waals surface area contributed by atoms with E-state index in [0.717, 1.165) is 0 Å². The van der Waals surface area contributed by atoms with E-state index in [4.69, 9.17) is 10.3 Å². The standard InChI is InChI=1S/C8H12F3N3O2/c1-5(12)2-7-13-6(14-16-7)3-15-4-8(9,10)11/h5H,2-4,12H2,1H3. The lowest BCUT2D eigenvalue weighted by Gasteiger charge is -2.04. The molecule has 0 aliphatic carbocycles. The molecule has 0 bridgehead atoms. The number of halogens is 3. The number of ether oxygens (including phenoxy) is 1. The fraction of sp³-hybridized carbons (Fsp3) is 0.750. The van der Waals surface area contributed by atoms with Crippen molar-refractivity contribution in [3.63, 3.8) is 0 Å². The van der Waals surface area contributed by atoms with Crippen molar-refractivity contribution in [2.75, 3.05) is 6.61 Å². The Morgan fingerprint density at radius 2 is 2.19 bits per heavy atom. The van der Waals surface area contributed by atoms with Crippen LogP contribution in [0.25, 0.3) is 0 Å². The SMILES string of the molecule is CC(N)Cc1nc(COCC(F)(F)F)no1. The van der Waals surface area contributed by atoms with E-state index < -0.39 is 12.8 Å². The lowest BCUT2D eigenvalue weighted by molar-refractivity contribution is -0.177. The summed E-state index contributed by atoms with van der Waals surface area (Å²) in [5.41, 5.74) is 5.48. The van der Waals surface area contributed by atoms with E-state index >= 15 is 0 Å². The third-order valence-electron chi connectivity index (χ3n) is 1.50. The zero-order valence-electron chi connectivity index (χ0n) is 8.62. The average Bonchev–Trinajstić information content (AvgIpc) is 2.49. The molecule has 1 aromatic heterocycles. The van der Waals surface area contributed by atoms with Crippen LogP contribution in [0.4, 0.5) is 13.2 Å². The molecule has 1 aromatic rings. The number of nitrogens with zero attached hydrogens (tertiary/aromatic N) is 2. The molecule has 0 aliphatic rings. The van der Waals surface area contributed by atoms with Crippen LogP contribution in [0.5, 0.6) is 0 Å². The highest BCUT2D eigenvalue weighted by Crippen LogP contribution is 2.15. The van der Waals surface area contributed by atoms with E-state index in [1.165, 1.54) is 0 Å². The predicted molar refractivity (Wildman–Crippen MR) is 47.4 cm³/mol. The van der Waals surface area contributed by atoms with E-state index in [2.05, 4.69) is 14.9 Å². The first-order valence-corrected chi connectivity index (χ1v) is 4.58. The fourth-order valence-corrected chi connectivity index (χ4v) is 0.965. The highest BCUT2D eigenvalue weighted by molar-refractivity contribution is 4.86. The van der Waals surface area contributed by atoms with Crippen LogP contribution in [0.15, 0.2) is 4.52 Å². The van der Waals surface area contributed by atoms with Crippen LogP contribution in [0.3, 0.4) is 0 Å². The fourth-order valence-electron chi connectivity index (χ4n) is 0.965. The van der Waals surface area contributed by atoms with Gasteiger partial charge in [0, 0.05) is 12.5 Å². The summed E-state index contributed by atoms with van der Waals surface area (Å²) in [6, 6.07) is -0.149. The first-order valence-electron chi connectivity index (χ1n) is 4.58. The van der Waals surface area contributed by atoms with E-state index in [9.17, 15) is 13.2 Å². The van der Waals surface area contributed by atoms with Crippen LogP contribution in [-0.2, 0) is 17.8 Å². The molecule has 0 radical (unpaired) electrons. The van der Waals surface area contributed by atoms with Gasteiger partial charge in [-0.2, -0.15) is 18.2 Å². The molecule has 0 spiro atoms. The van der Waals surface area contributed by atoms with Crippen molar-refractivity contribution in [1.82, 2.24) is 10.1 Å². The third-order valence-corrected chi connectivity index (χ3v) is 1.50. The van der Waals surface area contributed by atoms with Crippen LogP contribution >= 0.6 is 0 Å². The second-order valence-electron chi connectivity index (χ2n) is 3.39. The third kappa shape index (κ3) is 5.08. The molecular weight excluding hydrogens is 227 g/mol. The molecule has 0 saturated carbocycles. The monoisotopic (exact) mass is 239 g/mol. The minimum absolute atomic E-state index is 0.0832. The Bertz CT molecular complexity index is 325. The zero-order valence-corrected chi connectivity index (χ0v) is 8.62. The van der Waals surface area contributed by atoms with E-state index in [-0.39, 0.29) is 18.5 Å². The first-order chi connectivity index (χ1) is 7.37. The van der Waals surface area contributed by atoms with Gasteiger partial charge < -0.3 is 15.0 Å². The zero-order chi connectivity index (χ0) is 12.2. The molecule has 2 N–H and O–H groups in total. The highest BCUT2D eigenvalue weighted by atomic mass is 19.4. The van der Waals surface area contributed by atoms with Crippen molar-refractivity contribution >= 4 is 0 Å². The molecule has 1 rings (SSSR count). The maximum absolute atomic E-state index is 11.7. The Hall–Kier alpha value is -1.15. The number of nitrogens with two attached hydrogens (primary N) is 1. The summed E-state index contributed by atoms with van der Waals surface area (Å²) in [6.45, 7) is 0.0934. The summed E-state index contributed by atoms with van der Waals surface area (Å²) in [5, 5.41) is 3.45. The smallest absolute Gasteiger partial charge is 0.364 e. The molecule has 0 saturated heterocycles. The summed E-state index contributed by atoms with van der Waals surface area (Å²) in [5.74, 6) is 0.375. The van der Waals surface area contributed by atoms with Crippen molar-refractivity contribution < 1.29 is 22.4 Å². The van der Waals surface area contributed by atoms with Crippen molar-refractivity contribution in [1.29, 1.82) is 0 Å². The summed E-state index contributed by atoms with van der Waals surface area (Å²) in [4.78, 5) is 3.82. The predicted octanol–water partition coefficient (Wildman–Crippen LogP) is 1.04. The van der Waals surface area contributed by atoms with Gasteiger partial charge in [-0.1, -0.05) is 5.16 Å². The summed E-state index contributed by atoms with van der Waals surface area (Å²) in [6.07, 6.45) is -3.97.